The highest BCUT2D eigenvalue weighted by atomic mass is 35.5. The molecule has 1 atom stereocenters. The Bertz CT molecular complexity index is 582. The Hall–Kier alpha value is -0.400. The predicted octanol–water partition coefficient (Wildman–Crippen LogP) is 2.65. The van der Waals surface area contributed by atoms with Crippen LogP contribution in [-0.2, 0) is 10.0 Å². The number of benzene rings is 1. The third-order valence-electron chi connectivity index (χ3n) is 3.57. The predicted molar refractivity (Wildman–Crippen MR) is 83.8 cm³/mol. The molecular formula is C13H19Cl2FN2O2S. The second-order valence-electron chi connectivity index (χ2n) is 5.02. The van der Waals surface area contributed by atoms with Crippen molar-refractivity contribution in [2.24, 2.45) is 11.7 Å². The summed E-state index contributed by atoms with van der Waals surface area (Å²) >= 11 is 5.77. The van der Waals surface area contributed by atoms with Gasteiger partial charge in [0.05, 0.1) is 0 Å². The maximum absolute atomic E-state index is 13.8. The monoisotopic (exact) mass is 356 g/mol. The van der Waals surface area contributed by atoms with Crippen molar-refractivity contribution < 1.29 is 12.8 Å². The number of piperidine rings is 1. The second-order valence-corrected chi connectivity index (χ2v) is 7.37. The number of nitrogens with zero attached hydrogens (tertiary/aromatic N) is 1. The van der Waals surface area contributed by atoms with Crippen LogP contribution >= 0.6 is 24.0 Å². The Morgan fingerprint density at radius 1 is 1.43 bits per heavy atom. The molecule has 4 nitrogen and oxygen atoms in total. The molecule has 0 amide bonds. The Labute approximate surface area is 135 Å². The number of hydrogen-bond donors (Lipinski definition) is 1. The Morgan fingerprint density at radius 3 is 2.81 bits per heavy atom. The summed E-state index contributed by atoms with van der Waals surface area (Å²) < 4.78 is 40.1. The molecule has 21 heavy (non-hydrogen) atoms. The average Bonchev–Trinajstić information content (AvgIpc) is 2.42. The van der Waals surface area contributed by atoms with Gasteiger partial charge in [0, 0.05) is 18.1 Å². The zero-order valence-electron chi connectivity index (χ0n) is 11.5. The van der Waals surface area contributed by atoms with Gasteiger partial charge >= 0.3 is 0 Å². The lowest BCUT2D eigenvalue weighted by molar-refractivity contribution is 0.257. The van der Waals surface area contributed by atoms with E-state index >= 15 is 0 Å². The topological polar surface area (TPSA) is 63.4 Å². The summed E-state index contributed by atoms with van der Waals surface area (Å²) in [5, 5.41) is 0.209. The number of nitrogens with two attached hydrogens (primary N) is 1. The maximum atomic E-state index is 13.8. The first-order valence-corrected chi connectivity index (χ1v) is 8.42. The Kier molecular flexibility index (Phi) is 6.87. The summed E-state index contributed by atoms with van der Waals surface area (Å²) in [6.07, 6.45) is 2.51. The van der Waals surface area contributed by atoms with Gasteiger partial charge in [-0.1, -0.05) is 11.6 Å². The van der Waals surface area contributed by atoms with E-state index in [1.54, 1.807) is 0 Å². The molecule has 0 bridgehead atoms. The lowest BCUT2D eigenvalue weighted by Gasteiger charge is -2.31. The minimum Gasteiger partial charge on any atom is -0.330 e. The van der Waals surface area contributed by atoms with Gasteiger partial charge in [0.1, 0.15) is 10.7 Å². The van der Waals surface area contributed by atoms with Crippen molar-refractivity contribution in [3.05, 3.63) is 29.0 Å². The molecule has 0 radical (unpaired) electrons. The van der Waals surface area contributed by atoms with Gasteiger partial charge in [-0.05, 0) is 49.9 Å². The van der Waals surface area contributed by atoms with Crippen LogP contribution in [0.4, 0.5) is 4.39 Å². The van der Waals surface area contributed by atoms with Crippen LogP contribution < -0.4 is 5.73 Å². The summed E-state index contributed by atoms with van der Waals surface area (Å²) in [6, 6.07) is 3.58. The summed E-state index contributed by atoms with van der Waals surface area (Å²) in [5.74, 6) is -0.527. The summed E-state index contributed by atoms with van der Waals surface area (Å²) in [6.45, 7) is 1.34. The number of sulfonamides is 1. The van der Waals surface area contributed by atoms with E-state index in [9.17, 15) is 12.8 Å². The van der Waals surface area contributed by atoms with E-state index in [1.807, 2.05) is 0 Å². The van der Waals surface area contributed by atoms with E-state index in [-0.39, 0.29) is 28.2 Å². The maximum Gasteiger partial charge on any atom is 0.246 e. The average molecular weight is 357 g/mol. The molecule has 120 valence electrons. The molecular weight excluding hydrogens is 338 g/mol. The summed E-state index contributed by atoms with van der Waals surface area (Å²) in [5.41, 5.74) is 5.52. The molecule has 0 spiro atoms. The third-order valence-corrected chi connectivity index (χ3v) is 5.68. The normalized spacial score (nSPS) is 20.0. The molecule has 1 saturated heterocycles. The van der Waals surface area contributed by atoms with Crippen LogP contribution in [0.2, 0.25) is 5.02 Å². The third kappa shape index (κ3) is 4.29. The van der Waals surface area contributed by atoms with E-state index in [1.165, 1.54) is 16.4 Å². The van der Waals surface area contributed by atoms with Crippen molar-refractivity contribution in [1.29, 1.82) is 0 Å². The fraction of sp³-hybridized carbons (Fsp3) is 0.538. The fourth-order valence-corrected chi connectivity index (χ4v) is 4.41. The van der Waals surface area contributed by atoms with Crippen molar-refractivity contribution >= 4 is 34.0 Å². The highest BCUT2D eigenvalue weighted by molar-refractivity contribution is 7.89. The molecule has 1 heterocycles. The van der Waals surface area contributed by atoms with Crippen molar-refractivity contribution in [2.45, 2.75) is 24.2 Å². The van der Waals surface area contributed by atoms with E-state index in [0.29, 0.717) is 19.6 Å². The van der Waals surface area contributed by atoms with Gasteiger partial charge in [-0.3, -0.25) is 0 Å². The molecule has 1 aromatic rings. The largest absolute Gasteiger partial charge is 0.330 e. The molecule has 1 aliphatic rings. The van der Waals surface area contributed by atoms with E-state index < -0.39 is 15.8 Å². The molecule has 1 unspecified atom stereocenters. The molecule has 1 aromatic carbocycles. The summed E-state index contributed by atoms with van der Waals surface area (Å²) in [4.78, 5) is -0.349. The van der Waals surface area contributed by atoms with Crippen LogP contribution in [0.25, 0.3) is 0 Å². The summed E-state index contributed by atoms with van der Waals surface area (Å²) in [7, 11) is -3.83. The number of rotatable bonds is 4. The molecule has 8 heteroatoms. The Balaban J connectivity index is 0.00000220. The van der Waals surface area contributed by atoms with Gasteiger partial charge in [-0.2, -0.15) is 4.31 Å². The van der Waals surface area contributed by atoms with Crippen LogP contribution in [0.1, 0.15) is 19.3 Å². The molecule has 0 aliphatic carbocycles. The molecule has 1 aliphatic heterocycles. The van der Waals surface area contributed by atoms with E-state index in [0.717, 1.165) is 25.3 Å². The smallest absolute Gasteiger partial charge is 0.246 e. The first-order chi connectivity index (χ1) is 9.45. The molecule has 0 saturated carbocycles. The van der Waals surface area contributed by atoms with Gasteiger partial charge < -0.3 is 5.73 Å². The zero-order valence-corrected chi connectivity index (χ0v) is 13.9. The van der Waals surface area contributed by atoms with Gasteiger partial charge in [0.15, 0.2) is 0 Å². The number of hydrogen-bond acceptors (Lipinski definition) is 3. The van der Waals surface area contributed by atoms with E-state index in [2.05, 4.69) is 0 Å². The molecule has 0 aromatic heterocycles. The van der Waals surface area contributed by atoms with E-state index in [4.69, 9.17) is 17.3 Å². The molecule has 2 rings (SSSR count). The SMILES string of the molecule is Cl.NCCC1CCCN(S(=O)(=O)c2cc(Cl)ccc2F)C1. The van der Waals surface area contributed by atoms with Gasteiger partial charge in [0.25, 0.3) is 0 Å². The van der Waals surface area contributed by atoms with Crippen molar-refractivity contribution in [1.82, 2.24) is 4.31 Å². The van der Waals surface area contributed by atoms with Crippen molar-refractivity contribution in [3.63, 3.8) is 0 Å². The first-order valence-electron chi connectivity index (χ1n) is 6.60. The van der Waals surface area contributed by atoms with Gasteiger partial charge in [-0.15, -0.1) is 12.4 Å². The second kappa shape index (κ2) is 7.74. The molecule has 2 N–H and O–H groups in total. The number of halogens is 3. The van der Waals surface area contributed by atoms with Crippen LogP contribution in [0.3, 0.4) is 0 Å². The minimum absolute atomic E-state index is 0. The lowest BCUT2D eigenvalue weighted by Crippen LogP contribution is -2.40. The fourth-order valence-electron chi connectivity index (χ4n) is 2.53. The van der Waals surface area contributed by atoms with Crippen LogP contribution in [0, 0.1) is 11.7 Å². The van der Waals surface area contributed by atoms with Crippen molar-refractivity contribution in [2.75, 3.05) is 19.6 Å². The van der Waals surface area contributed by atoms with Crippen molar-refractivity contribution in [3.8, 4) is 0 Å². The lowest BCUT2D eigenvalue weighted by atomic mass is 9.96. The zero-order chi connectivity index (χ0) is 14.8. The quantitative estimate of drug-likeness (QED) is 0.901. The molecule has 1 fully saturated rings. The Morgan fingerprint density at radius 2 is 2.14 bits per heavy atom. The first kappa shape index (κ1) is 18.6. The standard InChI is InChI=1S/C13H18ClFN2O2S.ClH/c14-11-3-4-12(15)13(8-11)20(18,19)17-7-1-2-10(9-17)5-6-16;/h3-4,8,10H,1-2,5-7,9,16H2;1H. The highest BCUT2D eigenvalue weighted by Crippen LogP contribution is 2.28. The van der Waals surface area contributed by atoms with Crippen LogP contribution in [0.15, 0.2) is 23.1 Å². The minimum atomic E-state index is -3.83. The van der Waals surface area contributed by atoms with Crippen LogP contribution in [-0.4, -0.2) is 32.4 Å². The van der Waals surface area contributed by atoms with Gasteiger partial charge in [0.2, 0.25) is 10.0 Å². The van der Waals surface area contributed by atoms with Crippen LogP contribution in [0.5, 0.6) is 0 Å². The highest BCUT2D eigenvalue weighted by Gasteiger charge is 2.31. The van der Waals surface area contributed by atoms with Gasteiger partial charge in [-0.25, -0.2) is 12.8 Å².